The first-order valence-corrected chi connectivity index (χ1v) is 5.80. The first kappa shape index (κ1) is 10.8. The van der Waals surface area contributed by atoms with Crippen LogP contribution >= 0.6 is 0 Å². The molecule has 0 radical (unpaired) electrons. The fraction of sp³-hybridized carbons (Fsp3) is 0.133. The van der Waals surface area contributed by atoms with Crippen molar-refractivity contribution in [1.29, 1.82) is 0 Å². The minimum absolute atomic E-state index is 0.317. The van der Waals surface area contributed by atoms with E-state index in [9.17, 15) is 4.79 Å². The molecule has 90 valence electrons. The van der Waals surface area contributed by atoms with Gasteiger partial charge in [-0.05, 0) is 28.8 Å². The maximum absolute atomic E-state index is 11.8. The molecular formula is C15H13NO2. The van der Waals surface area contributed by atoms with Gasteiger partial charge in [-0.1, -0.05) is 24.3 Å². The van der Waals surface area contributed by atoms with Crippen molar-refractivity contribution >= 4 is 11.7 Å². The number of benzene rings is 2. The molecule has 2 aromatic carbocycles. The number of nitrogen functional groups attached to an aromatic ring is 1. The van der Waals surface area contributed by atoms with E-state index < -0.39 is 0 Å². The fourth-order valence-corrected chi connectivity index (χ4v) is 2.55. The number of anilines is 1. The van der Waals surface area contributed by atoms with Crippen LogP contribution in [-0.2, 0) is 11.2 Å². The number of nitrogens with two attached hydrogens (primary N) is 1. The minimum Gasteiger partial charge on any atom is -0.465 e. The lowest BCUT2D eigenvalue weighted by atomic mass is 9.98. The van der Waals surface area contributed by atoms with Crippen LogP contribution in [-0.4, -0.2) is 13.1 Å². The Hall–Kier alpha value is -2.29. The molecule has 18 heavy (non-hydrogen) atoms. The summed E-state index contributed by atoms with van der Waals surface area (Å²) in [6.45, 7) is 0. The van der Waals surface area contributed by atoms with Gasteiger partial charge in [0.25, 0.3) is 0 Å². The van der Waals surface area contributed by atoms with Gasteiger partial charge >= 0.3 is 5.97 Å². The summed E-state index contributed by atoms with van der Waals surface area (Å²) in [7, 11) is 1.39. The molecule has 2 N–H and O–H groups in total. The SMILES string of the molecule is COC(=O)c1ccc(N)c2c1-c1ccccc1C2. The van der Waals surface area contributed by atoms with Crippen molar-refractivity contribution in [3.05, 3.63) is 53.1 Å². The predicted octanol–water partition coefficient (Wildman–Crippen LogP) is 2.63. The van der Waals surface area contributed by atoms with Crippen LogP contribution in [0.2, 0.25) is 0 Å². The molecule has 0 bridgehead atoms. The largest absolute Gasteiger partial charge is 0.465 e. The maximum Gasteiger partial charge on any atom is 0.338 e. The molecule has 0 saturated carbocycles. The number of esters is 1. The van der Waals surface area contributed by atoms with E-state index in [2.05, 4.69) is 6.07 Å². The van der Waals surface area contributed by atoms with Crippen molar-refractivity contribution in [1.82, 2.24) is 0 Å². The minimum atomic E-state index is -0.317. The molecule has 3 rings (SSSR count). The molecule has 1 aliphatic rings. The van der Waals surface area contributed by atoms with Gasteiger partial charge in [0, 0.05) is 17.7 Å². The van der Waals surface area contributed by atoms with Gasteiger partial charge in [-0.15, -0.1) is 0 Å². The van der Waals surface area contributed by atoms with E-state index in [1.807, 2.05) is 18.2 Å². The Kier molecular flexibility index (Phi) is 2.33. The molecule has 0 atom stereocenters. The second kappa shape index (κ2) is 3.88. The van der Waals surface area contributed by atoms with E-state index in [1.165, 1.54) is 12.7 Å². The molecule has 3 heteroatoms. The monoisotopic (exact) mass is 239 g/mol. The standard InChI is InChI=1S/C15H13NO2/c1-18-15(17)11-6-7-13(16)12-8-9-4-2-3-5-10(9)14(11)12/h2-7H,8,16H2,1H3. The Bertz CT molecular complexity index is 647. The van der Waals surface area contributed by atoms with Gasteiger partial charge in [0.05, 0.1) is 12.7 Å². The Morgan fingerprint density at radius 1 is 1.22 bits per heavy atom. The van der Waals surface area contributed by atoms with Crippen LogP contribution in [0, 0.1) is 0 Å². The normalized spacial score (nSPS) is 11.8. The molecule has 2 aromatic rings. The van der Waals surface area contributed by atoms with Crippen LogP contribution in [0.1, 0.15) is 21.5 Å². The van der Waals surface area contributed by atoms with E-state index in [4.69, 9.17) is 10.5 Å². The molecule has 0 amide bonds. The molecule has 0 aliphatic heterocycles. The second-order valence-corrected chi connectivity index (χ2v) is 4.38. The molecular weight excluding hydrogens is 226 g/mol. The van der Waals surface area contributed by atoms with Crippen molar-refractivity contribution < 1.29 is 9.53 Å². The number of hydrogen-bond donors (Lipinski definition) is 1. The van der Waals surface area contributed by atoms with Crippen molar-refractivity contribution in [2.45, 2.75) is 6.42 Å². The summed E-state index contributed by atoms with van der Waals surface area (Å²) in [6, 6.07) is 11.6. The zero-order chi connectivity index (χ0) is 12.7. The van der Waals surface area contributed by atoms with Crippen LogP contribution in [0.5, 0.6) is 0 Å². The summed E-state index contributed by atoms with van der Waals surface area (Å²) < 4.78 is 4.84. The third-order valence-corrected chi connectivity index (χ3v) is 3.41. The van der Waals surface area contributed by atoms with Crippen molar-refractivity contribution in [3.8, 4) is 11.1 Å². The summed E-state index contributed by atoms with van der Waals surface area (Å²) in [6.07, 6.45) is 0.780. The summed E-state index contributed by atoms with van der Waals surface area (Å²) in [5.74, 6) is -0.317. The van der Waals surface area contributed by atoms with Crippen LogP contribution in [0.15, 0.2) is 36.4 Å². The van der Waals surface area contributed by atoms with Gasteiger partial charge in [0.2, 0.25) is 0 Å². The maximum atomic E-state index is 11.8. The highest BCUT2D eigenvalue weighted by molar-refractivity contribution is 6.01. The number of rotatable bonds is 1. The van der Waals surface area contributed by atoms with Crippen LogP contribution in [0.3, 0.4) is 0 Å². The lowest BCUT2D eigenvalue weighted by molar-refractivity contribution is 0.0601. The number of hydrogen-bond acceptors (Lipinski definition) is 3. The number of ether oxygens (including phenoxy) is 1. The Morgan fingerprint density at radius 3 is 2.78 bits per heavy atom. The highest BCUT2D eigenvalue weighted by Gasteiger charge is 2.25. The molecule has 0 aromatic heterocycles. The molecule has 1 aliphatic carbocycles. The topological polar surface area (TPSA) is 52.3 Å². The highest BCUT2D eigenvalue weighted by atomic mass is 16.5. The van der Waals surface area contributed by atoms with Gasteiger partial charge < -0.3 is 10.5 Å². The quantitative estimate of drug-likeness (QED) is 0.524. The number of carbonyl (C=O) groups is 1. The first-order chi connectivity index (χ1) is 8.72. The highest BCUT2D eigenvalue weighted by Crippen LogP contribution is 2.41. The van der Waals surface area contributed by atoms with Crippen LogP contribution in [0.25, 0.3) is 11.1 Å². The number of fused-ring (bicyclic) bond motifs is 3. The third-order valence-electron chi connectivity index (χ3n) is 3.41. The molecule has 3 nitrogen and oxygen atoms in total. The van der Waals surface area contributed by atoms with E-state index in [1.54, 1.807) is 12.1 Å². The Balaban J connectivity index is 2.31. The second-order valence-electron chi connectivity index (χ2n) is 4.38. The number of carbonyl (C=O) groups excluding carboxylic acids is 1. The summed E-state index contributed by atoms with van der Waals surface area (Å²) in [5.41, 5.74) is 11.6. The zero-order valence-electron chi connectivity index (χ0n) is 10.1. The van der Waals surface area contributed by atoms with Crippen molar-refractivity contribution in [2.75, 3.05) is 12.8 Å². The van der Waals surface area contributed by atoms with Gasteiger partial charge in [-0.3, -0.25) is 0 Å². The summed E-state index contributed by atoms with van der Waals surface area (Å²) in [5, 5.41) is 0. The smallest absolute Gasteiger partial charge is 0.338 e. The predicted molar refractivity (Wildman–Crippen MR) is 70.4 cm³/mol. The number of methoxy groups -OCH3 is 1. The lowest BCUT2D eigenvalue weighted by Crippen LogP contribution is -2.05. The molecule has 0 unspecified atom stereocenters. The average Bonchev–Trinajstić information content (AvgIpc) is 2.79. The van der Waals surface area contributed by atoms with E-state index in [0.29, 0.717) is 5.56 Å². The van der Waals surface area contributed by atoms with E-state index in [-0.39, 0.29) is 5.97 Å². The Labute approximate surface area is 105 Å². The zero-order valence-corrected chi connectivity index (χ0v) is 10.1. The summed E-state index contributed by atoms with van der Waals surface area (Å²) >= 11 is 0. The third kappa shape index (κ3) is 1.40. The Morgan fingerprint density at radius 2 is 2.00 bits per heavy atom. The van der Waals surface area contributed by atoms with Crippen molar-refractivity contribution in [3.63, 3.8) is 0 Å². The van der Waals surface area contributed by atoms with Crippen molar-refractivity contribution in [2.24, 2.45) is 0 Å². The molecule has 0 heterocycles. The van der Waals surface area contributed by atoms with Gasteiger partial charge in [-0.25, -0.2) is 4.79 Å². The molecule has 0 saturated heterocycles. The first-order valence-electron chi connectivity index (χ1n) is 5.80. The molecule has 0 spiro atoms. The molecule has 0 fully saturated rings. The van der Waals surface area contributed by atoms with Crippen LogP contribution in [0.4, 0.5) is 5.69 Å². The van der Waals surface area contributed by atoms with E-state index in [0.717, 1.165) is 28.8 Å². The van der Waals surface area contributed by atoms with E-state index >= 15 is 0 Å². The van der Waals surface area contributed by atoms with Gasteiger partial charge in [0.15, 0.2) is 0 Å². The van der Waals surface area contributed by atoms with Gasteiger partial charge in [-0.2, -0.15) is 0 Å². The average molecular weight is 239 g/mol. The fourth-order valence-electron chi connectivity index (χ4n) is 2.55. The van der Waals surface area contributed by atoms with Crippen LogP contribution < -0.4 is 5.73 Å². The summed E-state index contributed by atoms with van der Waals surface area (Å²) in [4.78, 5) is 11.8. The van der Waals surface area contributed by atoms with Gasteiger partial charge in [0.1, 0.15) is 0 Å². The lowest BCUT2D eigenvalue weighted by Gasteiger charge is -2.09.